The molecule has 0 saturated heterocycles. The summed E-state index contributed by atoms with van der Waals surface area (Å²) in [6.07, 6.45) is 0. The molecule has 0 aliphatic carbocycles. The van der Waals surface area contributed by atoms with Crippen LogP contribution in [0.25, 0.3) is 0 Å². The van der Waals surface area contributed by atoms with Crippen LogP contribution in [0.1, 0.15) is 29.0 Å². The zero-order valence-electron chi connectivity index (χ0n) is 10.1. The van der Waals surface area contributed by atoms with Gasteiger partial charge in [0.1, 0.15) is 5.75 Å². The van der Waals surface area contributed by atoms with E-state index in [9.17, 15) is 5.11 Å². The summed E-state index contributed by atoms with van der Waals surface area (Å²) in [4.78, 5) is 1.31. The number of rotatable bonds is 4. The first-order valence-electron chi connectivity index (χ1n) is 5.72. The van der Waals surface area contributed by atoms with E-state index in [1.54, 1.807) is 17.4 Å². The van der Waals surface area contributed by atoms with E-state index < -0.39 is 0 Å². The maximum absolute atomic E-state index is 9.88. The van der Waals surface area contributed by atoms with E-state index in [-0.39, 0.29) is 6.04 Å². The molecule has 17 heavy (non-hydrogen) atoms. The van der Waals surface area contributed by atoms with Gasteiger partial charge in [-0.2, -0.15) is 0 Å². The predicted octanol–water partition coefficient (Wildman–Crippen LogP) is 3.61. The number of thiophene rings is 1. The Labute approximate surface area is 106 Å². The van der Waals surface area contributed by atoms with Gasteiger partial charge in [0.15, 0.2) is 0 Å². The third kappa shape index (κ3) is 3.08. The second-order valence-electron chi connectivity index (χ2n) is 4.24. The highest BCUT2D eigenvalue weighted by Crippen LogP contribution is 2.25. The Morgan fingerprint density at radius 1 is 1.35 bits per heavy atom. The summed E-state index contributed by atoms with van der Waals surface area (Å²) in [6, 6.07) is 10.1. The Morgan fingerprint density at radius 3 is 2.82 bits per heavy atom. The van der Waals surface area contributed by atoms with Crippen molar-refractivity contribution < 1.29 is 5.11 Å². The lowest BCUT2D eigenvalue weighted by Gasteiger charge is -2.15. The number of phenols is 1. The van der Waals surface area contributed by atoms with Crippen molar-refractivity contribution in [2.45, 2.75) is 26.4 Å². The molecule has 0 saturated carbocycles. The van der Waals surface area contributed by atoms with Crippen LogP contribution in [0.4, 0.5) is 0 Å². The van der Waals surface area contributed by atoms with Crippen molar-refractivity contribution in [1.29, 1.82) is 0 Å². The van der Waals surface area contributed by atoms with E-state index in [4.69, 9.17) is 0 Å². The van der Waals surface area contributed by atoms with E-state index in [0.29, 0.717) is 5.75 Å². The molecular formula is C14H17NOS. The molecule has 2 aromatic rings. The lowest BCUT2D eigenvalue weighted by molar-refractivity contribution is 0.452. The highest BCUT2D eigenvalue weighted by Gasteiger charge is 2.09. The molecule has 0 bridgehead atoms. The zero-order chi connectivity index (χ0) is 12.3. The number of aromatic hydroxyl groups is 1. The molecule has 2 N–H and O–H groups in total. The second kappa shape index (κ2) is 5.34. The normalized spacial score (nSPS) is 12.6. The Morgan fingerprint density at radius 2 is 2.18 bits per heavy atom. The fraction of sp³-hybridized carbons (Fsp3) is 0.286. The first-order valence-corrected chi connectivity index (χ1v) is 6.60. The molecule has 3 heteroatoms. The van der Waals surface area contributed by atoms with Crippen LogP contribution in [0.2, 0.25) is 0 Å². The van der Waals surface area contributed by atoms with Gasteiger partial charge in [-0.15, -0.1) is 11.3 Å². The molecule has 0 amide bonds. The molecule has 1 heterocycles. The van der Waals surface area contributed by atoms with Gasteiger partial charge in [-0.1, -0.05) is 18.2 Å². The van der Waals surface area contributed by atoms with Gasteiger partial charge in [0.05, 0.1) is 0 Å². The first kappa shape index (κ1) is 12.1. The van der Waals surface area contributed by atoms with E-state index in [1.165, 1.54) is 4.88 Å². The number of aryl methyl sites for hydroxylation is 1. The van der Waals surface area contributed by atoms with Gasteiger partial charge in [-0.25, -0.2) is 0 Å². The van der Waals surface area contributed by atoms with Gasteiger partial charge in [0.2, 0.25) is 0 Å². The Hall–Kier alpha value is -1.32. The molecule has 1 atom stereocenters. The molecule has 1 aromatic carbocycles. The minimum atomic E-state index is 0.151. The Balaban J connectivity index is 2.01. The number of nitrogens with one attached hydrogen (secondary N) is 1. The fourth-order valence-corrected chi connectivity index (χ4v) is 2.45. The van der Waals surface area contributed by atoms with Crippen molar-refractivity contribution in [3.05, 3.63) is 51.7 Å². The second-order valence-corrected chi connectivity index (χ2v) is 5.28. The molecule has 0 aliphatic rings. The van der Waals surface area contributed by atoms with E-state index >= 15 is 0 Å². The number of hydrogen-bond donors (Lipinski definition) is 2. The van der Waals surface area contributed by atoms with E-state index in [1.807, 2.05) is 19.1 Å². The van der Waals surface area contributed by atoms with Gasteiger partial charge in [0.25, 0.3) is 0 Å². The maximum Gasteiger partial charge on any atom is 0.120 e. The van der Waals surface area contributed by atoms with Crippen molar-refractivity contribution >= 4 is 11.3 Å². The van der Waals surface area contributed by atoms with Crippen molar-refractivity contribution in [1.82, 2.24) is 5.32 Å². The summed E-state index contributed by atoms with van der Waals surface area (Å²) in [5, 5.41) is 15.4. The molecule has 0 fully saturated rings. The molecule has 1 aromatic heterocycles. The maximum atomic E-state index is 9.88. The summed E-state index contributed by atoms with van der Waals surface area (Å²) < 4.78 is 0. The van der Waals surface area contributed by atoms with Gasteiger partial charge in [0, 0.05) is 23.0 Å². The quantitative estimate of drug-likeness (QED) is 0.865. The summed E-state index contributed by atoms with van der Waals surface area (Å²) in [7, 11) is 0. The van der Waals surface area contributed by atoms with Crippen LogP contribution in [0, 0.1) is 6.92 Å². The van der Waals surface area contributed by atoms with Crippen LogP contribution in [-0.4, -0.2) is 5.11 Å². The fourth-order valence-electron chi connectivity index (χ4n) is 1.80. The molecule has 0 spiro atoms. The number of phenolic OH excluding ortho intramolecular Hbond substituents is 1. The zero-order valence-corrected chi connectivity index (χ0v) is 10.9. The Kier molecular flexibility index (Phi) is 3.82. The topological polar surface area (TPSA) is 32.3 Å². The number of benzene rings is 1. The van der Waals surface area contributed by atoms with Crippen molar-refractivity contribution in [2.24, 2.45) is 0 Å². The molecule has 0 radical (unpaired) electrons. The average molecular weight is 247 g/mol. The van der Waals surface area contributed by atoms with Crippen LogP contribution in [0.15, 0.2) is 35.7 Å². The van der Waals surface area contributed by atoms with Gasteiger partial charge in [-0.3, -0.25) is 0 Å². The van der Waals surface area contributed by atoms with Crippen molar-refractivity contribution in [3.8, 4) is 5.75 Å². The minimum Gasteiger partial charge on any atom is -0.508 e. The van der Waals surface area contributed by atoms with Crippen LogP contribution < -0.4 is 5.32 Å². The van der Waals surface area contributed by atoms with Gasteiger partial charge < -0.3 is 10.4 Å². The lowest BCUT2D eigenvalue weighted by atomic mass is 10.1. The van der Waals surface area contributed by atoms with Crippen LogP contribution >= 0.6 is 11.3 Å². The third-order valence-corrected chi connectivity index (χ3v) is 3.69. The number of hydrogen-bond acceptors (Lipinski definition) is 3. The third-order valence-electron chi connectivity index (χ3n) is 2.82. The highest BCUT2D eigenvalue weighted by molar-refractivity contribution is 7.09. The monoisotopic (exact) mass is 247 g/mol. The minimum absolute atomic E-state index is 0.151. The van der Waals surface area contributed by atoms with Crippen LogP contribution in [-0.2, 0) is 6.54 Å². The smallest absolute Gasteiger partial charge is 0.120 e. The van der Waals surface area contributed by atoms with Crippen LogP contribution in [0.5, 0.6) is 5.75 Å². The molecule has 2 rings (SSSR count). The molecule has 2 nitrogen and oxygen atoms in total. The summed E-state index contributed by atoms with van der Waals surface area (Å²) in [5.74, 6) is 0.371. The summed E-state index contributed by atoms with van der Waals surface area (Å²) in [5.41, 5.74) is 2.03. The van der Waals surface area contributed by atoms with E-state index in [2.05, 4.69) is 29.8 Å². The largest absolute Gasteiger partial charge is 0.508 e. The molecule has 90 valence electrons. The lowest BCUT2D eigenvalue weighted by Crippen LogP contribution is -2.17. The summed E-state index contributed by atoms with van der Waals surface area (Å²) in [6.45, 7) is 4.89. The SMILES string of the molecule is Cc1ccc(C(C)NCc2cccs2)c(O)c1. The Bertz CT molecular complexity index is 479. The van der Waals surface area contributed by atoms with Crippen molar-refractivity contribution in [2.75, 3.05) is 0 Å². The van der Waals surface area contributed by atoms with E-state index in [0.717, 1.165) is 17.7 Å². The van der Waals surface area contributed by atoms with Gasteiger partial charge >= 0.3 is 0 Å². The van der Waals surface area contributed by atoms with Crippen LogP contribution in [0.3, 0.4) is 0 Å². The van der Waals surface area contributed by atoms with Gasteiger partial charge in [-0.05, 0) is 36.9 Å². The predicted molar refractivity (Wildman–Crippen MR) is 72.4 cm³/mol. The molecule has 1 unspecified atom stereocenters. The summed E-state index contributed by atoms with van der Waals surface area (Å²) >= 11 is 1.74. The molecule has 0 aliphatic heterocycles. The standard InChI is InChI=1S/C14H17NOS/c1-10-5-6-13(14(16)8-10)11(2)15-9-12-4-3-7-17-12/h3-8,11,15-16H,9H2,1-2H3. The molecular weight excluding hydrogens is 230 g/mol. The highest BCUT2D eigenvalue weighted by atomic mass is 32.1. The first-order chi connectivity index (χ1) is 8.16. The van der Waals surface area contributed by atoms with Crippen molar-refractivity contribution in [3.63, 3.8) is 0 Å². The average Bonchev–Trinajstić information content (AvgIpc) is 2.78.